The first-order valence-corrected chi connectivity index (χ1v) is 6.52. The molecule has 1 unspecified atom stereocenters. The Morgan fingerprint density at radius 3 is 3.06 bits per heavy atom. The third-order valence-corrected chi connectivity index (χ3v) is 3.61. The molecule has 0 spiro atoms. The van der Waals surface area contributed by atoms with Crippen LogP contribution in [0.1, 0.15) is 18.4 Å². The fourth-order valence-electron chi connectivity index (χ4n) is 2.40. The van der Waals surface area contributed by atoms with E-state index in [9.17, 15) is 0 Å². The topological polar surface area (TPSA) is 19.4 Å². The third kappa shape index (κ3) is 3.66. The van der Waals surface area contributed by atoms with Crippen LogP contribution in [0, 0.1) is 0 Å². The Labute approximate surface area is 108 Å². The molecule has 1 saturated heterocycles. The highest BCUT2D eigenvalue weighted by Crippen LogP contribution is 2.17. The summed E-state index contributed by atoms with van der Waals surface area (Å²) >= 11 is 5.90. The minimum Gasteiger partial charge on any atom is -0.305 e. The van der Waals surface area contributed by atoms with Gasteiger partial charge in [-0.1, -0.05) is 11.6 Å². The fraction of sp³-hybridized carbons (Fsp3) is 0.615. The Kier molecular flexibility index (Phi) is 4.37. The number of rotatable bonds is 3. The molecule has 1 aromatic rings. The van der Waals surface area contributed by atoms with Gasteiger partial charge in [0.15, 0.2) is 0 Å². The highest BCUT2D eigenvalue weighted by molar-refractivity contribution is 6.29. The first-order valence-electron chi connectivity index (χ1n) is 6.14. The molecule has 1 atom stereocenters. The van der Waals surface area contributed by atoms with Crippen LogP contribution >= 0.6 is 11.6 Å². The van der Waals surface area contributed by atoms with Gasteiger partial charge < -0.3 is 4.90 Å². The number of nitrogens with zero attached hydrogens (tertiary/aromatic N) is 3. The van der Waals surface area contributed by atoms with E-state index in [0.29, 0.717) is 11.2 Å². The van der Waals surface area contributed by atoms with Crippen LogP contribution in [0.4, 0.5) is 0 Å². The summed E-state index contributed by atoms with van der Waals surface area (Å²) in [5, 5.41) is 0.587. The van der Waals surface area contributed by atoms with Crippen molar-refractivity contribution >= 4 is 11.6 Å². The molecule has 1 fully saturated rings. The molecule has 0 N–H and O–H groups in total. The number of hydrogen-bond donors (Lipinski definition) is 0. The van der Waals surface area contributed by atoms with Crippen LogP contribution in [0.2, 0.25) is 5.15 Å². The van der Waals surface area contributed by atoms with Crippen LogP contribution in [0.5, 0.6) is 0 Å². The Hall–Kier alpha value is -0.640. The smallest absolute Gasteiger partial charge is 0.129 e. The van der Waals surface area contributed by atoms with E-state index in [1.54, 1.807) is 6.20 Å². The van der Waals surface area contributed by atoms with Gasteiger partial charge in [-0.2, -0.15) is 0 Å². The van der Waals surface area contributed by atoms with Gasteiger partial charge in [0.05, 0.1) is 0 Å². The highest BCUT2D eigenvalue weighted by Gasteiger charge is 2.21. The summed E-state index contributed by atoms with van der Waals surface area (Å²) in [4.78, 5) is 8.84. The van der Waals surface area contributed by atoms with Crippen molar-refractivity contribution < 1.29 is 0 Å². The zero-order valence-electron chi connectivity index (χ0n) is 10.6. The standard InChI is InChI=1S/C13H20ClN3/c1-16(2)12-4-3-7-17(10-12)9-11-5-6-15-13(14)8-11/h5-6,8,12H,3-4,7,9-10H2,1-2H3. The summed E-state index contributed by atoms with van der Waals surface area (Å²) in [5.74, 6) is 0. The van der Waals surface area contributed by atoms with Crippen molar-refractivity contribution in [3.05, 3.63) is 29.0 Å². The molecule has 4 heteroatoms. The van der Waals surface area contributed by atoms with Crippen molar-refractivity contribution in [2.24, 2.45) is 0 Å². The average molecular weight is 254 g/mol. The van der Waals surface area contributed by atoms with E-state index in [0.717, 1.165) is 13.1 Å². The SMILES string of the molecule is CN(C)C1CCCN(Cc2ccnc(Cl)c2)C1. The molecule has 2 heterocycles. The fourth-order valence-corrected chi connectivity index (χ4v) is 2.59. The molecule has 0 aromatic carbocycles. The van der Waals surface area contributed by atoms with Gasteiger partial charge in [0.1, 0.15) is 5.15 Å². The Morgan fingerprint density at radius 2 is 2.35 bits per heavy atom. The number of piperidine rings is 1. The van der Waals surface area contributed by atoms with Crippen molar-refractivity contribution in [2.75, 3.05) is 27.2 Å². The Bertz CT molecular complexity index is 367. The quantitative estimate of drug-likeness (QED) is 0.771. The second kappa shape index (κ2) is 5.80. The van der Waals surface area contributed by atoms with Gasteiger partial charge in [0.25, 0.3) is 0 Å². The van der Waals surface area contributed by atoms with E-state index < -0.39 is 0 Å². The summed E-state index contributed by atoms with van der Waals surface area (Å²) in [6, 6.07) is 4.69. The van der Waals surface area contributed by atoms with E-state index >= 15 is 0 Å². The van der Waals surface area contributed by atoms with Crippen molar-refractivity contribution in [1.29, 1.82) is 0 Å². The molecule has 0 aliphatic carbocycles. The van der Waals surface area contributed by atoms with Crippen LogP contribution < -0.4 is 0 Å². The summed E-state index contributed by atoms with van der Waals surface area (Å²) < 4.78 is 0. The second-order valence-corrected chi connectivity index (χ2v) is 5.37. The van der Waals surface area contributed by atoms with Crippen molar-refractivity contribution in [2.45, 2.75) is 25.4 Å². The van der Waals surface area contributed by atoms with E-state index in [-0.39, 0.29) is 0 Å². The van der Waals surface area contributed by atoms with Gasteiger partial charge >= 0.3 is 0 Å². The normalized spacial score (nSPS) is 22.0. The largest absolute Gasteiger partial charge is 0.305 e. The number of likely N-dealkylation sites (N-methyl/N-ethyl adjacent to an activating group) is 1. The maximum Gasteiger partial charge on any atom is 0.129 e. The molecule has 94 valence electrons. The third-order valence-electron chi connectivity index (χ3n) is 3.41. The van der Waals surface area contributed by atoms with Gasteiger partial charge in [-0.25, -0.2) is 4.98 Å². The van der Waals surface area contributed by atoms with E-state index in [4.69, 9.17) is 11.6 Å². The van der Waals surface area contributed by atoms with Gasteiger partial charge in [-0.15, -0.1) is 0 Å². The number of aromatic nitrogens is 1. The zero-order chi connectivity index (χ0) is 12.3. The lowest BCUT2D eigenvalue weighted by atomic mass is 10.0. The summed E-state index contributed by atoms with van der Waals surface area (Å²) in [5.41, 5.74) is 1.25. The van der Waals surface area contributed by atoms with Crippen molar-refractivity contribution in [3.63, 3.8) is 0 Å². The Balaban J connectivity index is 1.94. The second-order valence-electron chi connectivity index (χ2n) is 4.98. The molecular weight excluding hydrogens is 234 g/mol. The first kappa shape index (κ1) is 12.8. The van der Waals surface area contributed by atoms with Crippen LogP contribution in [0.3, 0.4) is 0 Å². The summed E-state index contributed by atoms with van der Waals surface area (Å²) in [6.07, 6.45) is 4.37. The van der Waals surface area contributed by atoms with Gasteiger partial charge in [0, 0.05) is 25.3 Å². The number of pyridine rings is 1. The molecule has 3 nitrogen and oxygen atoms in total. The van der Waals surface area contributed by atoms with Crippen LogP contribution in [0.25, 0.3) is 0 Å². The first-order chi connectivity index (χ1) is 8.15. The molecule has 0 amide bonds. The van der Waals surface area contributed by atoms with Gasteiger partial charge in [-0.3, -0.25) is 4.90 Å². The summed E-state index contributed by atoms with van der Waals surface area (Å²) in [6.45, 7) is 3.31. The van der Waals surface area contributed by atoms with Crippen LogP contribution in [-0.2, 0) is 6.54 Å². The van der Waals surface area contributed by atoms with Crippen molar-refractivity contribution in [3.8, 4) is 0 Å². The molecule has 2 rings (SSSR count). The lowest BCUT2D eigenvalue weighted by Gasteiger charge is -2.36. The molecule has 0 bridgehead atoms. The minimum absolute atomic E-state index is 0.587. The average Bonchev–Trinajstić information content (AvgIpc) is 2.29. The molecule has 1 aliphatic rings. The van der Waals surface area contributed by atoms with E-state index in [2.05, 4.69) is 28.9 Å². The van der Waals surface area contributed by atoms with Gasteiger partial charge in [0.2, 0.25) is 0 Å². The molecule has 0 saturated carbocycles. The number of likely N-dealkylation sites (tertiary alicyclic amines) is 1. The highest BCUT2D eigenvalue weighted by atomic mass is 35.5. The summed E-state index contributed by atoms with van der Waals surface area (Å²) in [7, 11) is 4.33. The maximum absolute atomic E-state index is 5.90. The van der Waals surface area contributed by atoms with E-state index in [1.807, 2.05) is 12.1 Å². The van der Waals surface area contributed by atoms with Crippen molar-refractivity contribution in [1.82, 2.24) is 14.8 Å². The molecular formula is C13H20ClN3. The number of halogens is 1. The molecule has 1 aliphatic heterocycles. The monoisotopic (exact) mass is 253 g/mol. The lowest BCUT2D eigenvalue weighted by Crippen LogP contribution is -2.44. The van der Waals surface area contributed by atoms with Gasteiger partial charge in [-0.05, 0) is 51.2 Å². The van der Waals surface area contributed by atoms with Crippen LogP contribution in [-0.4, -0.2) is 48.0 Å². The van der Waals surface area contributed by atoms with E-state index in [1.165, 1.54) is 24.9 Å². The zero-order valence-corrected chi connectivity index (χ0v) is 11.3. The predicted molar refractivity (Wildman–Crippen MR) is 71.2 cm³/mol. The van der Waals surface area contributed by atoms with Crippen LogP contribution in [0.15, 0.2) is 18.3 Å². The predicted octanol–water partition coefficient (Wildman–Crippen LogP) is 2.26. The molecule has 17 heavy (non-hydrogen) atoms. The molecule has 0 radical (unpaired) electrons. The maximum atomic E-state index is 5.90. The molecule has 1 aromatic heterocycles. The number of hydrogen-bond acceptors (Lipinski definition) is 3. The Morgan fingerprint density at radius 1 is 1.53 bits per heavy atom. The lowest BCUT2D eigenvalue weighted by molar-refractivity contribution is 0.128. The minimum atomic E-state index is 0.587.